The summed E-state index contributed by atoms with van der Waals surface area (Å²) < 4.78 is 0. The normalized spacial score (nSPS) is 11.8. The minimum Gasteiger partial charge on any atom is -0.340 e. The molecule has 0 spiro atoms. The third kappa shape index (κ3) is 4.64. The molecule has 0 aliphatic carbocycles. The lowest BCUT2D eigenvalue weighted by atomic mass is 10.0. The summed E-state index contributed by atoms with van der Waals surface area (Å²) >= 11 is 0. The quantitative estimate of drug-likeness (QED) is 0.892. The molecule has 1 heterocycles. The molecular weight excluding hydrogens is 290 g/mol. The van der Waals surface area contributed by atoms with Crippen LogP contribution >= 0.6 is 0 Å². The van der Waals surface area contributed by atoms with Gasteiger partial charge in [-0.2, -0.15) is 0 Å². The van der Waals surface area contributed by atoms with Crippen molar-refractivity contribution in [2.24, 2.45) is 5.92 Å². The van der Waals surface area contributed by atoms with Crippen molar-refractivity contribution in [2.75, 3.05) is 5.32 Å². The SMILES string of the molecule is Cc1cccc(NC(=O)[C@@H](NC(=O)c2ccccc2)C(C)C)n1. The van der Waals surface area contributed by atoms with Crippen LogP contribution in [0.2, 0.25) is 0 Å². The van der Waals surface area contributed by atoms with E-state index in [0.29, 0.717) is 11.4 Å². The lowest BCUT2D eigenvalue weighted by Crippen LogP contribution is -2.47. The van der Waals surface area contributed by atoms with Crippen LogP contribution in [-0.2, 0) is 4.79 Å². The van der Waals surface area contributed by atoms with Crippen LogP contribution in [0.3, 0.4) is 0 Å². The van der Waals surface area contributed by atoms with Crippen LogP contribution in [0, 0.1) is 12.8 Å². The third-order valence-corrected chi connectivity index (χ3v) is 3.41. The summed E-state index contributed by atoms with van der Waals surface area (Å²) in [5.74, 6) is -0.110. The number of hydrogen-bond acceptors (Lipinski definition) is 3. The summed E-state index contributed by atoms with van der Waals surface area (Å²) in [7, 11) is 0. The molecule has 2 aromatic rings. The van der Waals surface area contributed by atoms with Gasteiger partial charge in [0.1, 0.15) is 11.9 Å². The Hall–Kier alpha value is -2.69. The number of hydrogen-bond donors (Lipinski definition) is 2. The van der Waals surface area contributed by atoms with Crippen molar-refractivity contribution in [3.05, 3.63) is 59.8 Å². The molecule has 0 aliphatic rings. The fourth-order valence-electron chi connectivity index (χ4n) is 2.17. The van der Waals surface area contributed by atoms with Crippen molar-refractivity contribution in [1.29, 1.82) is 0 Å². The molecule has 120 valence electrons. The Morgan fingerprint density at radius 1 is 1.00 bits per heavy atom. The van der Waals surface area contributed by atoms with Crippen molar-refractivity contribution >= 4 is 17.6 Å². The van der Waals surface area contributed by atoms with E-state index in [0.717, 1.165) is 5.69 Å². The number of anilines is 1. The highest BCUT2D eigenvalue weighted by atomic mass is 16.2. The molecule has 0 saturated carbocycles. The Kier molecular flexibility index (Phi) is 5.46. The van der Waals surface area contributed by atoms with E-state index in [1.54, 1.807) is 30.3 Å². The molecule has 5 heteroatoms. The van der Waals surface area contributed by atoms with Crippen LogP contribution in [0.4, 0.5) is 5.82 Å². The topological polar surface area (TPSA) is 71.1 Å². The number of aromatic nitrogens is 1. The van der Waals surface area contributed by atoms with E-state index in [1.807, 2.05) is 39.0 Å². The molecular formula is C18H21N3O2. The predicted octanol–water partition coefficient (Wildman–Crippen LogP) is 2.78. The maximum absolute atomic E-state index is 12.5. The van der Waals surface area contributed by atoms with Gasteiger partial charge in [-0.05, 0) is 37.1 Å². The van der Waals surface area contributed by atoms with Gasteiger partial charge in [-0.15, -0.1) is 0 Å². The number of nitrogens with one attached hydrogen (secondary N) is 2. The van der Waals surface area contributed by atoms with E-state index in [-0.39, 0.29) is 17.7 Å². The number of aryl methyl sites for hydroxylation is 1. The molecule has 23 heavy (non-hydrogen) atoms. The largest absolute Gasteiger partial charge is 0.340 e. The van der Waals surface area contributed by atoms with Crippen molar-refractivity contribution in [1.82, 2.24) is 10.3 Å². The summed E-state index contributed by atoms with van der Waals surface area (Å²) in [6, 6.07) is 13.6. The van der Waals surface area contributed by atoms with E-state index in [2.05, 4.69) is 15.6 Å². The Morgan fingerprint density at radius 3 is 2.30 bits per heavy atom. The molecule has 2 rings (SSSR count). The van der Waals surface area contributed by atoms with Crippen LogP contribution in [0.5, 0.6) is 0 Å². The van der Waals surface area contributed by atoms with E-state index >= 15 is 0 Å². The van der Waals surface area contributed by atoms with Crippen molar-refractivity contribution in [3.63, 3.8) is 0 Å². The van der Waals surface area contributed by atoms with Crippen molar-refractivity contribution in [3.8, 4) is 0 Å². The van der Waals surface area contributed by atoms with Gasteiger partial charge in [0.05, 0.1) is 0 Å². The van der Waals surface area contributed by atoms with Crippen LogP contribution < -0.4 is 10.6 Å². The van der Waals surface area contributed by atoms with Gasteiger partial charge in [0.25, 0.3) is 5.91 Å². The Bertz CT molecular complexity index is 684. The molecule has 0 fully saturated rings. The number of amides is 2. The molecule has 0 saturated heterocycles. The first-order valence-electron chi connectivity index (χ1n) is 7.58. The van der Waals surface area contributed by atoms with Gasteiger partial charge < -0.3 is 10.6 Å². The third-order valence-electron chi connectivity index (χ3n) is 3.41. The zero-order valence-electron chi connectivity index (χ0n) is 13.5. The summed E-state index contributed by atoms with van der Waals surface area (Å²) in [5.41, 5.74) is 1.34. The maximum atomic E-state index is 12.5. The highest BCUT2D eigenvalue weighted by Gasteiger charge is 2.25. The predicted molar refractivity (Wildman–Crippen MR) is 90.1 cm³/mol. The first-order valence-corrected chi connectivity index (χ1v) is 7.58. The second-order valence-corrected chi connectivity index (χ2v) is 5.71. The number of pyridine rings is 1. The smallest absolute Gasteiger partial charge is 0.251 e. The zero-order chi connectivity index (χ0) is 16.8. The minimum absolute atomic E-state index is 0.0486. The molecule has 1 aromatic carbocycles. The van der Waals surface area contributed by atoms with Gasteiger partial charge in [-0.1, -0.05) is 38.1 Å². The molecule has 2 amide bonds. The fourth-order valence-corrected chi connectivity index (χ4v) is 2.17. The second-order valence-electron chi connectivity index (χ2n) is 5.71. The highest BCUT2D eigenvalue weighted by molar-refractivity contribution is 6.00. The van der Waals surface area contributed by atoms with Gasteiger partial charge in [0.15, 0.2) is 0 Å². The number of nitrogens with zero attached hydrogens (tertiary/aromatic N) is 1. The van der Waals surface area contributed by atoms with E-state index in [9.17, 15) is 9.59 Å². The molecule has 1 aromatic heterocycles. The summed E-state index contributed by atoms with van der Waals surface area (Å²) in [4.78, 5) is 29.0. The van der Waals surface area contributed by atoms with E-state index in [1.165, 1.54) is 0 Å². The van der Waals surface area contributed by atoms with Gasteiger partial charge >= 0.3 is 0 Å². The van der Waals surface area contributed by atoms with Crippen LogP contribution in [-0.4, -0.2) is 22.8 Å². The monoisotopic (exact) mass is 311 g/mol. The lowest BCUT2D eigenvalue weighted by Gasteiger charge is -2.21. The molecule has 2 N–H and O–H groups in total. The first kappa shape index (κ1) is 16.7. The average molecular weight is 311 g/mol. The first-order chi connectivity index (χ1) is 11.0. The second kappa shape index (κ2) is 7.54. The summed E-state index contributed by atoms with van der Waals surface area (Å²) in [6.45, 7) is 5.63. The summed E-state index contributed by atoms with van der Waals surface area (Å²) in [6.07, 6.45) is 0. The maximum Gasteiger partial charge on any atom is 0.251 e. The number of carbonyl (C=O) groups is 2. The summed E-state index contributed by atoms with van der Waals surface area (Å²) in [5, 5.41) is 5.54. The standard InChI is InChI=1S/C18H21N3O2/c1-12(2)16(21-17(22)14-9-5-4-6-10-14)18(23)20-15-11-7-8-13(3)19-15/h4-12,16H,1-3H3,(H,21,22)(H,19,20,23)/t16-/m0/s1. The van der Waals surface area contributed by atoms with Crippen molar-refractivity contribution in [2.45, 2.75) is 26.8 Å². The molecule has 0 bridgehead atoms. The molecule has 1 atom stereocenters. The van der Waals surface area contributed by atoms with Gasteiger partial charge in [0, 0.05) is 11.3 Å². The Labute approximate surface area is 136 Å². The van der Waals surface area contributed by atoms with Gasteiger partial charge in [-0.25, -0.2) is 4.98 Å². The van der Waals surface area contributed by atoms with Gasteiger partial charge in [0.2, 0.25) is 5.91 Å². The minimum atomic E-state index is -0.634. The average Bonchev–Trinajstić information content (AvgIpc) is 2.52. The van der Waals surface area contributed by atoms with E-state index in [4.69, 9.17) is 0 Å². The van der Waals surface area contributed by atoms with E-state index < -0.39 is 6.04 Å². The Morgan fingerprint density at radius 2 is 1.70 bits per heavy atom. The van der Waals surface area contributed by atoms with Crippen LogP contribution in [0.15, 0.2) is 48.5 Å². The van der Waals surface area contributed by atoms with Crippen LogP contribution in [0.1, 0.15) is 29.9 Å². The molecule has 0 unspecified atom stereocenters. The number of benzene rings is 1. The van der Waals surface area contributed by atoms with Crippen molar-refractivity contribution < 1.29 is 9.59 Å². The highest BCUT2D eigenvalue weighted by Crippen LogP contribution is 2.09. The number of carbonyl (C=O) groups excluding carboxylic acids is 2. The van der Waals surface area contributed by atoms with Crippen LogP contribution in [0.25, 0.3) is 0 Å². The zero-order valence-corrected chi connectivity index (χ0v) is 13.5. The lowest BCUT2D eigenvalue weighted by molar-refractivity contribution is -0.118. The fraction of sp³-hybridized carbons (Fsp3) is 0.278. The molecule has 5 nitrogen and oxygen atoms in total. The molecule has 0 aliphatic heterocycles. The van der Waals surface area contributed by atoms with Gasteiger partial charge in [-0.3, -0.25) is 9.59 Å². The Balaban J connectivity index is 2.09. The molecule has 0 radical (unpaired) electrons. The number of rotatable bonds is 5.